The SMILES string of the molecule is O=C(O)C(Cc1cccs1)N1CCCCC1. The third-order valence-electron chi connectivity index (χ3n) is 3.09. The van der Waals surface area contributed by atoms with Gasteiger partial charge < -0.3 is 5.11 Å². The fraction of sp³-hybridized carbons (Fsp3) is 0.583. The molecule has 1 aromatic rings. The molecular formula is C12H17NO2S. The molecule has 0 aromatic carbocycles. The van der Waals surface area contributed by atoms with Crippen LogP contribution < -0.4 is 0 Å². The Morgan fingerprint density at radius 1 is 1.44 bits per heavy atom. The maximum Gasteiger partial charge on any atom is 0.321 e. The number of carboxylic acids is 1. The topological polar surface area (TPSA) is 40.5 Å². The highest BCUT2D eigenvalue weighted by atomic mass is 32.1. The average molecular weight is 239 g/mol. The molecule has 0 spiro atoms. The summed E-state index contributed by atoms with van der Waals surface area (Å²) < 4.78 is 0. The lowest BCUT2D eigenvalue weighted by molar-refractivity contribution is -0.143. The summed E-state index contributed by atoms with van der Waals surface area (Å²) in [6, 6.07) is 3.67. The van der Waals surface area contributed by atoms with E-state index in [-0.39, 0.29) is 6.04 Å². The molecule has 1 saturated heterocycles. The molecule has 0 radical (unpaired) electrons. The largest absolute Gasteiger partial charge is 0.480 e. The van der Waals surface area contributed by atoms with E-state index in [2.05, 4.69) is 4.90 Å². The molecule has 1 aliphatic rings. The molecule has 1 unspecified atom stereocenters. The van der Waals surface area contributed by atoms with Crippen LogP contribution in [0.2, 0.25) is 0 Å². The van der Waals surface area contributed by atoms with Gasteiger partial charge in [-0.15, -0.1) is 11.3 Å². The van der Waals surface area contributed by atoms with Gasteiger partial charge in [0, 0.05) is 11.3 Å². The van der Waals surface area contributed by atoms with Crippen LogP contribution in [-0.2, 0) is 11.2 Å². The van der Waals surface area contributed by atoms with Crippen molar-refractivity contribution in [3.63, 3.8) is 0 Å². The third kappa shape index (κ3) is 2.83. The van der Waals surface area contributed by atoms with Crippen LogP contribution in [0.25, 0.3) is 0 Å². The predicted molar refractivity (Wildman–Crippen MR) is 64.9 cm³/mol. The number of carbonyl (C=O) groups is 1. The Bertz CT molecular complexity index is 331. The molecule has 1 atom stereocenters. The van der Waals surface area contributed by atoms with Gasteiger partial charge in [-0.1, -0.05) is 12.5 Å². The molecule has 4 heteroatoms. The van der Waals surface area contributed by atoms with Gasteiger partial charge in [0.05, 0.1) is 0 Å². The molecular weight excluding hydrogens is 222 g/mol. The van der Waals surface area contributed by atoms with E-state index >= 15 is 0 Å². The van der Waals surface area contributed by atoms with E-state index in [0.717, 1.165) is 30.8 Å². The average Bonchev–Trinajstić information content (AvgIpc) is 2.79. The van der Waals surface area contributed by atoms with Crippen molar-refractivity contribution in [1.29, 1.82) is 0 Å². The molecule has 0 aliphatic carbocycles. The second kappa shape index (κ2) is 5.46. The Morgan fingerprint density at radius 3 is 2.75 bits per heavy atom. The zero-order valence-electron chi connectivity index (χ0n) is 9.26. The van der Waals surface area contributed by atoms with E-state index in [1.807, 2.05) is 17.5 Å². The van der Waals surface area contributed by atoms with Crippen molar-refractivity contribution in [1.82, 2.24) is 4.90 Å². The summed E-state index contributed by atoms with van der Waals surface area (Å²) >= 11 is 1.64. The minimum atomic E-state index is -0.685. The van der Waals surface area contributed by atoms with Gasteiger partial charge in [0.25, 0.3) is 0 Å². The minimum Gasteiger partial charge on any atom is -0.480 e. The van der Waals surface area contributed by atoms with Crippen LogP contribution in [0.4, 0.5) is 0 Å². The number of nitrogens with zero attached hydrogens (tertiary/aromatic N) is 1. The van der Waals surface area contributed by atoms with E-state index in [4.69, 9.17) is 0 Å². The number of hydrogen-bond donors (Lipinski definition) is 1. The number of hydrogen-bond acceptors (Lipinski definition) is 3. The highest BCUT2D eigenvalue weighted by Gasteiger charge is 2.27. The van der Waals surface area contributed by atoms with E-state index in [9.17, 15) is 9.90 Å². The third-order valence-corrected chi connectivity index (χ3v) is 3.99. The Morgan fingerprint density at radius 2 is 2.19 bits per heavy atom. The standard InChI is InChI=1S/C12H17NO2S/c14-12(15)11(9-10-5-4-8-16-10)13-6-2-1-3-7-13/h4-5,8,11H,1-3,6-7,9H2,(H,14,15). The van der Waals surface area contributed by atoms with Crippen molar-refractivity contribution < 1.29 is 9.90 Å². The molecule has 88 valence electrons. The molecule has 16 heavy (non-hydrogen) atoms. The summed E-state index contributed by atoms with van der Waals surface area (Å²) in [7, 11) is 0. The molecule has 0 amide bonds. The summed E-state index contributed by atoms with van der Waals surface area (Å²) in [6.45, 7) is 1.87. The van der Waals surface area contributed by atoms with Crippen LogP contribution in [-0.4, -0.2) is 35.1 Å². The van der Waals surface area contributed by atoms with Crippen molar-refractivity contribution >= 4 is 17.3 Å². The second-order valence-corrected chi connectivity index (χ2v) is 5.27. The number of carboxylic acid groups (broad SMARTS) is 1. The first-order chi connectivity index (χ1) is 7.77. The molecule has 0 saturated carbocycles. The maximum absolute atomic E-state index is 11.3. The summed E-state index contributed by atoms with van der Waals surface area (Å²) in [5, 5.41) is 11.3. The fourth-order valence-corrected chi connectivity index (χ4v) is 2.97. The van der Waals surface area contributed by atoms with Gasteiger partial charge >= 0.3 is 5.97 Å². The zero-order valence-corrected chi connectivity index (χ0v) is 10.1. The first-order valence-electron chi connectivity index (χ1n) is 5.76. The van der Waals surface area contributed by atoms with E-state index in [1.54, 1.807) is 11.3 Å². The Balaban J connectivity index is 2.01. The van der Waals surface area contributed by atoms with E-state index < -0.39 is 5.97 Å². The highest BCUT2D eigenvalue weighted by Crippen LogP contribution is 2.18. The monoisotopic (exact) mass is 239 g/mol. The lowest BCUT2D eigenvalue weighted by Crippen LogP contribution is -2.45. The van der Waals surface area contributed by atoms with Crippen LogP contribution in [0.1, 0.15) is 24.1 Å². The summed E-state index contributed by atoms with van der Waals surface area (Å²) in [5.74, 6) is -0.685. The Hall–Kier alpha value is -0.870. The number of thiophene rings is 1. The summed E-state index contributed by atoms with van der Waals surface area (Å²) in [5.41, 5.74) is 0. The summed E-state index contributed by atoms with van der Waals surface area (Å²) in [6.07, 6.45) is 4.15. The lowest BCUT2D eigenvalue weighted by Gasteiger charge is -2.31. The lowest BCUT2D eigenvalue weighted by atomic mass is 10.1. The van der Waals surface area contributed by atoms with E-state index in [1.165, 1.54) is 6.42 Å². The number of rotatable bonds is 4. The molecule has 1 N–H and O–H groups in total. The smallest absolute Gasteiger partial charge is 0.321 e. The van der Waals surface area contributed by atoms with Gasteiger partial charge in [0.1, 0.15) is 6.04 Å². The van der Waals surface area contributed by atoms with Gasteiger partial charge in [0.15, 0.2) is 0 Å². The first kappa shape index (κ1) is 11.6. The number of piperidine rings is 1. The van der Waals surface area contributed by atoms with Crippen LogP contribution >= 0.6 is 11.3 Å². The van der Waals surface area contributed by atoms with Crippen LogP contribution in [0.15, 0.2) is 17.5 Å². The fourth-order valence-electron chi connectivity index (χ4n) is 2.22. The zero-order chi connectivity index (χ0) is 11.4. The van der Waals surface area contributed by atoms with E-state index in [0.29, 0.717) is 6.42 Å². The molecule has 1 fully saturated rings. The van der Waals surface area contributed by atoms with Gasteiger partial charge in [0.2, 0.25) is 0 Å². The second-order valence-electron chi connectivity index (χ2n) is 4.23. The van der Waals surface area contributed by atoms with Crippen molar-refractivity contribution in [3.8, 4) is 0 Å². The predicted octanol–water partition coefficient (Wildman–Crippen LogP) is 2.23. The molecule has 2 rings (SSSR count). The van der Waals surface area contributed by atoms with Crippen molar-refractivity contribution in [2.45, 2.75) is 31.7 Å². The van der Waals surface area contributed by atoms with Crippen molar-refractivity contribution in [3.05, 3.63) is 22.4 Å². The Kier molecular flexibility index (Phi) is 3.96. The van der Waals surface area contributed by atoms with Crippen LogP contribution in [0.5, 0.6) is 0 Å². The molecule has 0 bridgehead atoms. The molecule has 3 nitrogen and oxygen atoms in total. The minimum absolute atomic E-state index is 0.334. The van der Waals surface area contributed by atoms with Gasteiger partial charge in [-0.25, -0.2) is 0 Å². The van der Waals surface area contributed by atoms with Crippen molar-refractivity contribution in [2.24, 2.45) is 0 Å². The molecule has 2 heterocycles. The normalized spacial score (nSPS) is 19.5. The van der Waals surface area contributed by atoms with Gasteiger partial charge in [-0.05, 0) is 37.4 Å². The number of likely N-dealkylation sites (tertiary alicyclic amines) is 1. The number of aliphatic carboxylic acids is 1. The first-order valence-corrected chi connectivity index (χ1v) is 6.64. The highest BCUT2D eigenvalue weighted by molar-refractivity contribution is 7.09. The quantitative estimate of drug-likeness (QED) is 0.876. The summed E-state index contributed by atoms with van der Waals surface area (Å²) in [4.78, 5) is 14.6. The van der Waals surface area contributed by atoms with Gasteiger partial charge in [-0.3, -0.25) is 9.69 Å². The molecule has 1 aliphatic heterocycles. The van der Waals surface area contributed by atoms with Crippen molar-refractivity contribution in [2.75, 3.05) is 13.1 Å². The van der Waals surface area contributed by atoms with Crippen LogP contribution in [0, 0.1) is 0 Å². The maximum atomic E-state index is 11.3. The molecule has 1 aromatic heterocycles. The van der Waals surface area contributed by atoms with Gasteiger partial charge in [-0.2, -0.15) is 0 Å². The van der Waals surface area contributed by atoms with Crippen LogP contribution in [0.3, 0.4) is 0 Å². The Labute approximate surface area is 99.7 Å².